The summed E-state index contributed by atoms with van der Waals surface area (Å²) in [6.45, 7) is 1.25. The van der Waals surface area contributed by atoms with Crippen molar-refractivity contribution >= 4 is 59.0 Å². The number of aliphatic carboxylic acids is 2. The van der Waals surface area contributed by atoms with Crippen molar-refractivity contribution in [2.24, 2.45) is 0 Å². The van der Waals surface area contributed by atoms with Gasteiger partial charge in [0.2, 0.25) is 16.9 Å². The van der Waals surface area contributed by atoms with Crippen LogP contribution in [-0.4, -0.2) is 124 Å². The van der Waals surface area contributed by atoms with Crippen LogP contribution in [0, 0.1) is 14.1 Å². The van der Waals surface area contributed by atoms with Gasteiger partial charge in [-0.1, -0.05) is 11.8 Å². The van der Waals surface area contributed by atoms with Crippen molar-refractivity contribution in [2.75, 3.05) is 37.1 Å². The van der Waals surface area contributed by atoms with E-state index in [1.54, 1.807) is 33.3 Å². The Morgan fingerprint density at radius 1 is 0.944 bits per heavy atom. The molecule has 5 N–H and O–H groups in total. The predicted molar refractivity (Wildman–Crippen MR) is 125 cm³/mol. The number of hydrogen-bond acceptors (Lipinski definition) is 12. The molecule has 2 radical (unpaired) electrons. The third kappa shape index (κ3) is 4.34. The largest absolute Gasteiger partial charge is 0.480 e. The molecule has 18 heteroatoms. The molecule has 6 rings (SSSR count). The molecule has 0 aromatic rings. The van der Waals surface area contributed by atoms with Crippen molar-refractivity contribution in [1.82, 2.24) is 35.6 Å². The minimum atomic E-state index is -0.831. The number of carboxylic acids is 2. The smallest absolute Gasteiger partial charge is 0.321 e. The summed E-state index contributed by atoms with van der Waals surface area (Å²) in [5, 5.41) is 26.2. The number of rotatable bonds is 5. The van der Waals surface area contributed by atoms with Crippen molar-refractivity contribution in [1.29, 1.82) is 0 Å². The van der Waals surface area contributed by atoms with Crippen LogP contribution in [0.15, 0.2) is 0 Å². The molecule has 2 amide bonds. The first-order chi connectivity index (χ1) is 16.2. The fourth-order valence-corrected chi connectivity index (χ4v) is 9.90. The van der Waals surface area contributed by atoms with Crippen molar-refractivity contribution in [2.45, 2.75) is 33.6 Å². The molecule has 0 aromatic carbocycles. The Labute approximate surface area is 244 Å². The van der Waals surface area contributed by atoms with Gasteiger partial charge in [-0.3, -0.25) is 48.4 Å². The van der Waals surface area contributed by atoms with Gasteiger partial charge in [-0.15, -0.1) is 23.5 Å². The maximum atomic E-state index is 12.1. The second kappa shape index (κ2) is 11.2. The Kier molecular flexibility index (Phi) is 9.45. The first-order valence-corrected chi connectivity index (χ1v) is 13.5. The van der Waals surface area contributed by atoms with Crippen molar-refractivity contribution in [3.8, 4) is 0 Å². The molecule has 6 atom stereocenters. The summed E-state index contributed by atoms with van der Waals surface area (Å²) in [5.41, 5.74) is 0. The fraction of sp³-hybridized carbons (Fsp3) is 0.667. The molecule has 6 fully saturated rings. The summed E-state index contributed by atoms with van der Waals surface area (Å²) >= 11 is 4.63. The monoisotopic (exact) mass is 633 g/mol. The second-order valence-corrected chi connectivity index (χ2v) is 12.3. The van der Waals surface area contributed by atoms with Crippen molar-refractivity contribution in [3.63, 3.8) is 0 Å². The third-order valence-electron chi connectivity index (χ3n) is 6.76. The number of amides is 2. The molecule has 0 saturated carbocycles. The Bertz CT molecular complexity index is 916. The molecular formula is C18H25N7O6S3V2-2. The van der Waals surface area contributed by atoms with Gasteiger partial charge in [0.25, 0.3) is 0 Å². The topological polar surface area (TPSA) is 158 Å². The summed E-state index contributed by atoms with van der Waals surface area (Å²) in [6, 6.07) is -1.56. The van der Waals surface area contributed by atoms with Gasteiger partial charge < -0.3 is 20.8 Å². The van der Waals surface area contributed by atoms with Gasteiger partial charge in [-0.2, -0.15) is 0 Å². The Morgan fingerprint density at radius 2 is 1.53 bits per heavy atom. The van der Waals surface area contributed by atoms with Crippen LogP contribution < -0.4 is 16.0 Å². The second-order valence-electron chi connectivity index (χ2n) is 8.46. The molecule has 0 aromatic heterocycles. The molecule has 36 heavy (non-hydrogen) atoms. The van der Waals surface area contributed by atoms with Gasteiger partial charge >= 0.3 is 11.9 Å². The van der Waals surface area contributed by atoms with E-state index < -0.39 is 33.5 Å². The normalized spacial score (nSPS) is 38.2. The number of hydrogen-bond donors (Lipinski definition) is 5. The predicted octanol–water partition coefficient (Wildman–Crippen LogP) is -2.36. The van der Waals surface area contributed by atoms with Gasteiger partial charge in [0.15, 0.2) is 4.33 Å². The Morgan fingerprint density at radius 3 is 2.14 bits per heavy atom. The van der Waals surface area contributed by atoms with Crippen LogP contribution in [0.5, 0.6) is 0 Å². The van der Waals surface area contributed by atoms with Crippen molar-refractivity contribution < 1.29 is 66.5 Å². The van der Waals surface area contributed by atoms with Crippen LogP contribution in [0.4, 0.5) is 0 Å². The molecule has 0 bridgehead atoms. The quantitative estimate of drug-likeness (QED) is 0.205. The van der Waals surface area contributed by atoms with Gasteiger partial charge in [0.05, 0.1) is 19.4 Å². The zero-order valence-corrected chi connectivity index (χ0v) is 24.1. The van der Waals surface area contributed by atoms with Gasteiger partial charge in [-0.05, 0) is 6.54 Å². The maximum Gasteiger partial charge on any atom is 0.321 e. The standard InChI is InChI=1S/C9H13N4O3S.C9H12N3O3S2.2V/c1-10-2-5-7(14)13-4-12-6(8(15)16)3-17-9(12,13)11-5;1-10-5-2-16-9-11(4-12(9)7(5)13)6(3-17-9)8(14)15;;/h5-6,10-11H,1-4H2,(H,15,16);5-6,10H,1-4H2,(H,14,15);;/q2*-1;;/t2*5?,6?,9-;;/m10../s1. The first kappa shape index (κ1) is 30.4. The SMILES string of the molecule is [CH2-]NC1CS[C@]23SCC(C(=O)O)N2CN3C1=O.[CH2-]NCC1N[C@@]23SCC(C(=O)O)N2CN3C1=O.[V].[V]. The molecule has 198 valence electrons. The summed E-state index contributed by atoms with van der Waals surface area (Å²) < 4.78 is -0.465. The molecule has 4 unspecified atom stereocenters. The summed E-state index contributed by atoms with van der Waals surface area (Å²) in [6.07, 6.45) is 0. The van der Waals surface area contributed by atoms with E-state index in [0.29, 0.717) is 37.1 Å². The maximum absolute atomic E-state index is 12.1. The van der Waals surface area contributed by atoms with E-state index in [4.69, 9.17) is 10.2 Å². The fourth-order valence-electron chi connectivity index (χ4n) is 4.92. The van der Waals surface area contributed by atoms with E-state index in [1.165, 1.54) is 11.8 Å². The average molecular weight is 634 g/mol. The number of thioether (sulfide) groups is 3. The number of carbonyl (C=O) groups excluding carboxylic acids is 2. The van der Waals surface area contributed by atoms with E-state index in [1.807, 2.05) is 9.80 Å². The molecule has 0 aliphatic carbocycles. The molecule has 2 spiro atoms. The van der Waals surface area contributed by atoms with Gasteiger partial charge in [0, 0.05) is 54.4 Å². The molecule has 6 heterocycles. The number of nitrogens with one attached hydrogen (secondary N) is 3. The Hall–Kier alpha value is -0.101. The number of carboxylic acid groups (broad SMARTS) is 2. The zero-order valence-electron chi connectivity index (χ0n) is 18.9. The van der Waals surface area contributed by atoms with E-state index in [0.717, 1.165) is 0 Å². The minimum absolute atomic E-state index is 0. The van der Waals surface area contributed by atoms with Crippen LogP contribution in [0.1, 0.15) is 0 Å². The number of nitrogens with zero attached hydrogens (tertiary/aromatic N) is 4. The van der Waals surface area contributed by atoms with E-state index in [2.05, 4.69) is 30.0 Å². The van der Waals surface area contributed by atoms with Crippen LogP contribution in [0.25, 0.3) is 0 Å². The molecule has 13 nitrogen and oxygen atoms in total. The number of carbonyl (C=O) groups is 4. The Balaban J connectivity index is 0.000000190. The van der Waals surface area contributed by atoms with E-state index in [-0.39, 0.29) is 61.0 Å². The minimum Gasteiger partial charge on any atom is -0.480 e. The van der Waals surface area contributed by atoms with Gasteiger partial charge in [0.1, 0.15) is 18.1 Å². The van der Waals surface area contributed by atoms with E-state index in [9.17, 15) is 19.2 Å². The molecule has 6 aliphatic rings. The van der Waals surface area contributed by atoms with Crippen LogP contribution >= 0.6 is 35.3 Å². The summed E-state index contributed by atoms with van der Waals surface area (Å²) in [5.74, 6) is 0.0610. The molecule has 6 aliphatic heterocycles. The van der Waals surface area contributed by atoms with E-state index >= 15 is 0 Å². The molecule has 6 saturated heterocycles. The van der Waals surface area contributed by atoms with Crippen LogP contribution in [0.2, 0.25) is 0 Å². The van der Waals surface area contributed by atoms with Crippen LogP contribution in [0.3, 0.4) is 0 Å². The summed E-state index contributed by atoms with van der Waals surface area (Å²) in [7, 11) is 7.05. The average Bonchev–Trinajstić information content (AvgIpc) is 3.27. The molecular weight excluding hydrogens is 608 g/mol. The third-order valence-corrected chi connectivity index (χ3v) is 11.6. The van der Waals surface area contributed by atoms with Crippen LogP contribution in [-0.2, 0) is 56.3 Å². The van der Waals surface area contributed by atoms with Gasteiger partial charge in [-0.25, -0.2) is 9.80 Å². The zero-order chi connectivity index (χ0) is 24.4. The van der Waals surface area contributed by atoms with Crippen molar-refractivity contribution in [3.05, 3.63) is 14.1 Å². The summed E-state index contributed by atoms with van der Waals surface area (Å²) in [4.78, 5) is 53.3. The first-order valence-electron chi connectivity index (χ1n) is 10.5.